The van der Waals surface area contributed by atoms with Gasteiger partial charge in [0.25, 0.3) is 0 Å². The van der Waals surface area contributed by atoms with Gasteiger partial charge < -0.3 is 10.7 Å². The molecule has 0 fully saturated rings. The molecule has 0 atom stereocenters. The van der Waals surface area contributed by atoms with E-state index < -0.39 is 10.4 Å². The van der Waals surface area contributed by atoms with Crippen LogP contribution in [0.2, 0.25) is 0 Å². The Bertz CT molecular complexity index is 328. The number of rotatable bonds is 4. The Labute approximate surface area is 95.7 Å². The van der Waals surface area contributed by atoms with Crippen LogP contribution in [-0.2, 0) is 16.9 Å². The van der Waals surface area contributed by atoms with Gasteiger partial charge in [-0.25, -0.2) is 4.98 Å². The predicted molar refractivity (Wildman–Crippen MR) is 61.0 cm³/mol. The minimum Gasteiger partial charge on any atom is -0.344 e. The van der Waals surface area contributed by atoms with Crippen molar-refractivity contribution in [3.8, 4) is 0 Å². The van der Waals surface area contributed by atoms with Gasteiger partial charge in [-0.15, -0.1) is 0 Å². The van der Waals surface area contributed by atoms with Crippen LogP contribution < -0.4 is 6.15 Å². The summed E-state index contributed by atoms with van der Waals surface area (Å²) in [6.45, 7) is 3.34. The number of nitrogens with zero attached hydrogens (tertiary/aromatic N) is 2. The third-order valence-electron chi connectivity index (χ3n) is 1.58. The fourth-order valence-corrected chi connectivity index (χ4v) is 0.963. The van der Waals surface area contributed by atoms with E-state index in [1.54, 1.807) is 0 Å². The molecule has 1 aromatic rings. The van der Waals surface area contributed by atoms with E-state index in [4.69, 9.17) is 17.5 Å². The molecule has 0 aliphatic carbocycles. The molecular formula is C8H19N3O4S. The van der Waals surface area contributed by atoms with Gasteiger partial charge in [-0.05, 0) is 6.42 Å². The van der Waals surface area contributed by atoms with E-state index in [-0.39, 0.29) is 6.15 Å². The van der Waals surface area contributed by atoms with Crippen molar-refractivity contribution < 1.29 is 17.5 Å². The highest BCUT2D eigenvalue weighted by Gasteiger charge is 1.87. The molecule has 0 spiro atoms. The Kier molecular flexibility index (Phi) is 10.1. The highest BCUT2D eigenvalue weighted by molar-refractivity contribution is 7.79. The number of hydrogen-bond acceptors (Lipinski definition) is 4. The molecule has 5 N–H and O–H groups in total. The van der Waals surface area contributed by atoms with Gasteiger partial charge in [0.1, 0.15) is 0 Å². The first-order chi connectivity index (χ1) is 6.93. The topological polar surface area (TPSA) is 127 Å². The van der Waals surface area contributed by atoms with Gasteiger partial charge in [0.05, 0.1) is 6.33 Å². The van der Waals surface area contributed by atoms with Gasteiger partial charge in [0, 0.05) is 18.9 Å². The van der Waals surface area contributed by atoms with Crippen LogP contribution in [0.3, 0.4) is 0 Å². The van der Waals surface area contributed by atoms with Crippen LogP contribution in [0.25, 0.3) is 0 Å². The Morgan fingerprint density at radius 2 is 1.88 bits per heavy atom. The summed E-state index contributed by atoms with van der Waals surface area (Å²) in [5, 5.41) is 0. The fraction of sp³-hybridized carbons (Fsp3) is 0.625. The molecule has 96 valence electrons. The van der Waals surface area contributed by atoms with Crippen LogP contribution in [0, 0.1) is 0 Å². The fourth-order valence-electron chi connectivity index (χ4n) is 0.963. The zero-order valence-electron chi connectivity index (χ0n) is 9.28. The lowest BCUT2D eigenvalue weighted by Crippen LogP contribution is -1.92. The lowest BCUT2D eigenvalue weighted by Gasteiger charge is -1.98. The van der Waals surface area contributed by atoms with E-state index in [2.05, 4.69) is 16.5 Å². The molecule has 0 unspecified atom stereocenters. The van der Waals surface area contributed by atoms with Gasteiger partial charge in [-0.1, -0.05) is 19.8 Å². The highest BCUT2D eigenvalue weighted by atomic mass is 32.3. The molecule has 0 aromatic carbocycles. The first-order valence-electron chi connectivity index (χ1n) is 4.59. The molecule has 8 heteroatoms. The van der Waals surface area contributed by atoms with Crippen molar-refractivity contribution in [2.45, 2.75) is 32.7 Å². The summed E-state index contributed by atoms with van der Waals surface area (Å²) in [5.41, 5.74) is 0. The van der Waals surface area contributed by atoms with Crippen LogP contribution in [0.5, 0.6) is 0 Å². The molecule has 1 rings (SSSR count). The highest BCUT2D eigenvalue weighted by Crippen LogP contribution is 1.97. The van der Waals surface area contributed by atoms with Crippen LogP contribution in [0.15, 0.2) is 18.7 Å². The Balaban J connectivity index is 0. The maximum absolute atomic E-state index is 8.74. The van der Waals surface area contributed by atoms with E-state index in [0.29, 0.717) is 0 Å². The Morgan fingerprint density at radius 1 is 1.31 bits per heavy atom. The molecular weight excluding hydrogens is 234 g/mol. The summed E-state index contributed by atoms with van der Waals surface area (Å²) >= 11 is 0. The van der Waals surface area contributed by atoms with Crippen molar-refractivity contribution in [2.24, 2.45) is 0 Å². The molecule has 1 aromatic heterocycles. The summed E-state index contributed by atoms with van der Waals surface area (Å²) in [5.74, 6) is 0. The van der Waals surface area contributed by atoms with Crippen molar-refractivity contribution in [1.82, 2.24) is 15.7 Å². The largest absolute Gasteiger partial charge is 0.394 e. The minimum atomic E-state index is -4.67. The summed E-state index contributed by atoms with van der Waals surface area (Å²) in [7, 11) is -4.67. The summed E-state index contributed by atoms with van der Waals surface area (Å²) in [6.07, 6.45) is 9.58. The van der Waals surface area contributed by atoms with Gasteiger partial charge in [0.15, 0.2) is 0 Å². The van der Waals surface area contributed by atoms with E-state index in [1.807, 2.05) is 18.7 Å². The van der Waals surface area contributed by atoms with Crippen molar-refractivity contribution in [1.29, 1.82) is 0 Å². The monoisotopic (exact) mass is 253 g/mol. The van der Waals surface area contributed by atoms with Crippen LogP contribution in [0.4, 0.5) is 0 Å². The maximum Gasteiger partial charge on any atom is 0.394 e. The zero-order valence-corrected chi connectivity index (χ0v) is 10.1. The molecule has 0 bridgehead atoms. The standard InChI is InChI=1S/C8H14N2.H3N.H2O4S/c1-2-3-4-6-10-7-5-9-8-10;;1-5(2,3)4/h5,7-8H,2-4,6H2,1H3;1H3;(H2,1,2,3,4). The number of hydrogen-bond donors (Lipinski definition) is 3. The van der Waals surface area contributed by atoms with Gasteiger partial charge in [-0.3, -0.25) is 9.11 Å². The van der Waals surface area contributed by atoms with Crippen LogP contribution in [0.1, 0.15) is 26.2 Å². The van der Waals surface area contributed by atoms with E-state index in [1.165, 1.54) is 19.3 Å². The SMILES string of the molecule is CCCCCn1ccnc1.N.O=S(=O)(O)O. The summed E-state index contributed by atoms with van der Waals surface area (Å²) in [6, 6.07) is 0. The average Bonchev–Trinajstić information content (AvgIpc) is 2.54. The number of unbranched alkanes of at least 4 members (excludes halogenated alkanes) is 2. The average molecular weight is 253 g/mol. The second kappa shape index (κ2) is 9.28. The minimum absolute atomic E-state index is 0. The van der Waals surface area contributed by atoms with Crippen molar-refractivity contribution >= 4 is 10.4 Å². The van der Waals surface area contributed by atoms with Crippen molar-refractivity contribution in [3.05, 3.63) is 18.7 Å². The zero-order chi connectivity index (χ0) is 11.7. The van der Waals surface area contributed by atoms with E-state index in [9.17, 15) is 0 Å². The van der Waals surface area contributed by atoms with Crippen LogP contribution >= 0.6 is 0 Å². The normalized spacial score (nSPS) is 9.94. The molecule has 1 heterocycles. The predicted octanol–water partition coefficient (Wildman–Crippen LogP) is 1.58. The molecule has 0 radical (unpaired) electrons. The molecule has 0 saturated heterocycles. The third-order valence-corrected chi connectivity index (χ3v) is 1.58. The van der Waals surface area contributed by atoms with Crippen LogP contribution in [-0.4, -0.2) is 27.1 Å². The molecule has 0 saturated carbocycles. The lowest BCUT2D eigenvalue weighted by molar-refractivity contribution is 0.381. The summed E-state index contributed by atoms with van der Waals surface area (Å²) in [4.78, 5) is 3.96. The van der Waals surface area contributed by atoms with Gasteiger partial charge >= 0.3 is 10.4 Å². The molecule has 0 aliphatic heterocycles. The lowest BCUT2D eigenvalue weighted by atomic mass is 10.2. The third kappa shape index (κ3) is 15.5. The Morgan fingerprint density at radius 3 is 2.25 bits per heavy atom. The number of aryl methyl sites for hydroxylation is 1. The molecule has 7 nitrogen and oxygen atoms in total. The first-order valence-corrected chi connectivity index (χ1v) is 5.98. The van der Waals surface area contributed by atoms with Gasteiger partial charge in [0.2, 0.25) is 0 Å². The quantitative estimate of drug-likeness (QED) is 0.552. The van der Waals surface area contributed by atoms with E-state index in [0.717, 1.165) is 6.54 Å². The number of aromatic nitrogens is 2. The number of imidazole rings is 1. The maximum atomic E-state index is 8.74. The molecule has 0 aliphatic rings. The first kappa shape index (κ1) is 17.4. The van der Waals surface area contributed by atoms with Crippen molar-refractivity contribution in [3.63, 3.8) is 0 Å². The van der Waals surface area contributed by atoms with Gasteiger partial charge in [-0.2, -0.15) is 8.42 Å². The second-order valence-corrected chi connectivity index (χ2v) is 3.85. The Hall–Kier alpha value is -0.960. The second-order valence-electron chi connectivity index (χ2n) is 2.96. The molecule has 0 amide bonds. The smallest absolute Gasteiger partial charge is 0.344 e. The molecule has 16 heavy (non-hydrogen) atoms. The van der Waals surface area contributed by atoms with E-state index >= 15 is 0 Å². The summed E-state index contributed by atoms with van der Waals surface area (Å²) < 4.78 is 33.7. The van der Waals surface area contributed by atoms with Crippen molar-refractivity contribution in [2.75, 3.05) is 0 Å².